The number of hydrogen-bond acceptors (Lipinski definition) is 7. The summed E-state index contributed by atoms with van der Waals surface area (Å²) in [5.41, 5.74) is 2.46. The number of hydrazine groups is 1. The summed E-state index contributed by atoms with van der Waals surface area (Å²) in [6.45, 7) is 2.62. The Morgan fingerprint density at radius 2 is 1.71 bits per heavy atom. The first-order valence-electron chi connectivity index (χ1n) is 7.94. The van der Waals surface area contributed by atoms with Crippen LogP contribution >= 0.6 is 0 Å². The van der Waals surface area contributed by atoms with Gasteiger partial charge in [0.25, 0.3) is 0 Å². The molecule has 1 fully saturated rings. The Balaban J connectivity index is 2.02. The van der Waals surface area contributed by atoms with Crippen LogP contribution in [0.4, 0.5) is 11.9 Å². The Morgan fingerprint density at radius 1 is 1.05 bits per heavy atom. The van der Waals surface area contributed by atoms with E-state index in [1.54, 1.807) is 0 Å². The molecular formula is C14H26N6O. The summed E-state index contributed by atoms with van der Waals surface area (Å²) >= 11 is 0. The van der Waals surface area contributed by atoms with Gasteiger partial charge in [0.05, 0.1) is 6.61 Å². The van der Waals surface area contributed by atoms with E-state index >= 15 is 0 Å². The molecule has 0 atom stereocenters. The number of aromatic nitrogens is 3. The first-order valence-corrected chi connectivity index (χ1v) is 7.94. The highest BCUT2D eigenvalue weighted by atomic mass is 16.5. The maximum absolute atomic E-state index is 5.47. The Morgan fingerprint density at radius 3 is 2.38 bits per heavy atom. The van der Waals surface area contributed by atoms with Crippen molar-refractivity contribution < 1.29 is 4.74 Å². The van der Waals surface area contributed by atoms with Crippen LogP contribution in [0.2, 0.25) is 0 Å². The Hall–Kier alpha value is -1.63. The van der Waals surface area contributed by atoms with Gasteiger partial charge in [-0.2, -0.15) is 15.0 Å². The second-order valence-corrected chi connectivity index (χ2v) is 5.44. The highest BCUT2D eigenvalue weighted by Gasteiger charge is 2.14. The number of ether oxygens (including phenoxy) is 1. The molecule has 2 rings (SSSR count). The minimum Gasteiger partial charge on any atom is -0.463 e. The van der Waals surface area contributed by atoms with E-state index in [0.29, 0.717) is 30.6 Å². The monoisotopic (exact) mass is 294 g/mol. The number of nitrogen functional groups attached to an aromatic ring is 1. The van der Waals surface area contributed by atoms with Crippen LogP contribution in [0, 0.1) is 0 Å². The van der Waals surface area contributed by atoms with Gasteiger partial charge in [0.1, 0.15) is 0 Å². The van der Waals surface area contributed by atoms with Crippen LogP contribution in [0.15, 0.2) is 0 Å². The third-order valence-corrected chi connectivity index (χ3v) is 3.62. The molecule has 0 amide bonds. The summed E-state index contributed by atoms with van der Waals surface area (Å²) in [6, 6.07) is 0.727. The maximum Gasteiger partial charge on any atom is 0.323 e. The van der Waals surface area contributed by atoms with E-state index in [2.05, 4.69) is 25.7 Å². The molecule has 21 heavy (non-hydrogen) atoms. The lowest BCUT2D eigenvalue weighted by molar-refractivity contribution is 0.292. The molecule has 118 valence electrons. The van der Waals surface area contributed by atoms with Crippen LogP contribution in [0.1, 0.15) is 58.3 Å². The summed E-state index contributed by atoms with van der Waals surface area (Å²) < 4.78 is 5.47. The van der Waals surface area contributed by atoms with Gasteiger partial charge in [0.15, 0.2) is 0 Å². The lowest BCUT2D eigenvalue weighted by Crippen LogP contribution is -2.23. The molecule has 0 aliphatic heterocycles. The zero-order valence-corrected chi connectivity index (χ0v) is 12.8. The third kappa shape index (κ3) is 5.34. The number of anilines is 2. The van der Waals surface area contributed by atoms with Gasteiger partial charge in [-0.05, 0) is 19.3 Å². The molecule has 0 unspecified atom stereocenters. The van der Waals surface area contributed by atoms with Crippen LogP contribution in [0.5, 0.6) is 6.01 Å². The Bertz CT molecular complexity index is 420. The summed E-state index contributed by atoms with van der Waals surface area (Å²) in [5, 5.41) is 3.40. The Kier molecular flexibility index (Phi) is 6.46. The fourth-order valence-electron chi connectivity index (χ4n) is 2.53. The van der Waals surface area contributed by atoms with Crippen LogP contribution in [-0.4, -0.2) is 27.6 Å². The summed E-state index contributed by atoms with van der Waals surface area (Å²) in [5.74, 6) is 6.27. The van der Waals surface area contributed by atoms with E-state index in [9.17, 15) is 0 Å². The molecule has 1 aromatic rings. The highest BCUT2D eigenvalue weighted by molar-refractivity contribution is 5.35. The van der Waals surface area contributed by atoms with E-state index in [4.69, 9.17) is 10.6 Å². The SMILES string of the molecule is CCCOc1nc(NN)nc(NC2CCCCCCC2)n1. The van der Waals surface area contributed by atoms with E-state index in [1.807, 2.05) is 6.92 Å². The van der Waals surface area contributed by atoms with E-state index < -0.39 is 0 Å². The van der Waals surface area contributed by atoms with E-state index in [0.717, 1.165) is 19.3 Å². The fraction of sp³-hybridized carbons (Fsp3) is 0.786. The normalized spacial score (nSPS) is 16.9. The first kappa shape index (κ1) is 15.8. The van der Waals surface area contributed by atoms with Gasteiger partial charge in [0.2, 0.25) is 11.9 Å². The molecule has 1 aromatic heterocycles. The van der Waals surface area contributed by atoms with Crippen molar-refractivity contribution in [3.05, 3.63) is 0 Å². The molecule has 0 aromatic carbocycles. The van der Waals surface area contributed by atoms with Crippen molar-refractivity contribution in [2.45, 2.75) is 64.3 Å². The average Bonchev–Trinajstić information content (AvgIpc) is 2.47. The molecule has 7 heteroatoms. The standard InChI is InChI=1S/C14H26N6O/c1-2-10-21-14-18-12(17-13(19-14)20-15)16-11-8-6-4-3-5-7-9-11/h11H,2-10,15H2,1H3,(H2,16,17,18,19,20). The van der Waals surface area contributed by atoms with Gasteiger partial charge < -0.3 is 10.1 Å². The largest absolute Gasteiger partial charge is 0.463 e. The summed E-state index contributed by atoms with van der Waals surface area (Å²) in [6.07, 6.45) is 9.71. The van der Waals surface area contributed by atoms with Gasteiger partial charge in [-0.15, -0.1) is 0 Å². The van der Waals surface area contributed by atoms with Gasteiger partial charge >= 0.3 is 6.01 Å². The van der Waals surface area contributed by atoms with Crippen molar-refractivity contribution in [3.63, 3.8) is 0 Å². The van der Waals surface area contributed by atoms with Crippen LogP contribution < -0.4 is 21.3 Å². The number of nitrogens with two attached hydrogens (primary N) is 1. The molecule has 4 N–H and O–H groups in total. The topological polar surface area (TPSA) is 98.0 Å². The van der Waals surface area contributed by atoms with Crippen LogP contribution in [-0.2, 0) is 0 Å². The fourth-order valence-corrected chi connectivity index (χ4v) is 2.53. The molecule has 0 radical (unpaired) electrons. The van der Waals surface area contributed by atoms with Crippen molar-refractivity contribution in [1.29, 1.82) is 0 Å². The molecule has 1 heterocycles. The molecule has 1 saturated carbocycles. The molecule has 7 nitrogen and oxygen atoms in total. The quantitative estimate of drug-likeness (QED) is 0.547. The van der Waals surface area contributed by atoms with Crippen molar-refractivity contribution in [3.8, 4) is 6.01 Å². The second-order valence-electron chi connectivity index (χ2n) is 5.44. The average molecular weight is 294 g/mol. The lowest BCUT2D eigenvalue weighted by Gasteiger charge is -2.21. The number of rotatable bonds is 6. The van der Waals surface area contributed by atoms with Crippen molar-refractivity contribution in [1.82, 2.24) is 15.0 Å². The minimum atomic E-state index is 0.313. The van der Waals surface area contributed by atoms with Crippen LogP contribution in [0.25, 0.3) is 0 Å². The predicted octanol–water partition coefficient (Wildman–Crippen LogP) is 2.47. The predicted molar refractivity (Wildman–Crippen MR) is 83.2 cm³/mol. The van der Waals surface area contributed by atoms with Crippen molar-refractivity contribution in [2.24, 2.45) is 5.84 Å². The van der Waals surface area contributed by atoms with E-state index in [1.165, 1.54) is 32.1 Å². The first-order chi connectivity index (χ1) is 10.3. The molecule has 0 saturated heterocycles. The van der Waals surface area contributed by atoms with Crippen molar-refractivity contribution in [2.75, 3.05) is 17.3 Å². The molecule has 1 aliphatic carbocycles. The number of hydrogen-bond donors (Lipinski definition) is 3. The maximum atomic E-state index is 5.47. The van der Waals surface area contributed by atoms with Gasteiger partial charge in [-0.1, -0.05) is 39.0 Å². The zero-order valence-electron chi connectivity index (χ0n) is 12.8. The third-order valence-electron chi connectivity index (χ3n) is 3.62. The molecule has 0 spiro atoms. The second kappa shape index (κ2) is 8.61. The van der Waals surface area contributed by atoms with Gasteiger partial charge in [-0.3, -0.25) is 5.43 Å². The van der Waals surface area contributed by atoms with Gasteiger partial charge in [-0.25, -0.2) is 5.84 Å². The minimum absolute atomic E-state index is 0.313. The summed E-state index contributed by atoms with van der Waals surface area (Å²) in [7, 11) is 0. The number of nitrogens with one attached hydrogen (secondary N) is 2. The number of nitrogens with zero attached hydrogens (tertiary/aromatic N) is 3. The molecular weight excluding hydrogens is 268 g/mol. The van der Waals surface area contributed by atoms with Gasteiger partial charge in [0, 0.05) is 6.04 Å². The highest BCUT2D eigenvalue weighted by Crippen LogP contribution is 2.20. The zero-order chi connectivity index (χ0) is 14.9. The van der Waals surface area contributed by atoms with Crippen LogP contribution in [0.3, 0.4) is 0 Å². The lowest BCUT2D eigenvalue weighted by atomic mass is 9.97. The Labute approximate surface area is 126 Å². The van der Waals surface area contributed by atoms with E-state index in [-0.39, 0.29) is 0 Å². The summed E-state index contributed by atoms with van der Waals surface area (Å²) in [4.78, 5) is 12.7. The van der Waals surface area contributed by atoms with Crippen molar-refractivity contribution >= 4 is 11.9 Å². The molecule has 0 bridgehead atoms. The smallest absolute Gasteiger partial charge is 0.323 e. The molecule has 1 aliphatic rings.